The third-order valence-corrected chi connectivity index (χ3v) is 6.60. The van der Waals surface area contributed by atoms with Crippen LogP contribution >= 0.6 is 11.3 Å². The largest absolute Gasteiger partial charge is 0.507 e. The van der Waals surface area contributed by atoms with Crippen LogP contribution < -0.4 is 9.64 Å². The van der Waals surface area contributed by atoms with Crippen molar-refractivity contribution in [3.05, 3.63) is 85.9 Å². The number of carbonyl (C=O) groups excluding carboxylic acids is 2. The van der Waals surface area contributed by atoms with E-state index in [4.69, 9.17) is 4.74 Å². The molecule has 0 aliphatic carbocycles. The highest BCUT2D eigenvalue weighted by atomic mass is 32.1. The number of benzene rings is 2. The highest BCUT2D eigenvalue weighted by Gasteiger charge is 2.48. The molecule has 0 saturated carbocycles. The number of amides is 1. The van der Waals surface area contributed by atoms with E-state index in [0.29, 0.717) is 28.6 Å². The van der Waals surface area contributed by atoms with Gasteiger partial charge in [0.25, 0.3) is 11.5 Å². The Morgan fingerprint density at radius 2 is 1.79 bits per heavy atom. The first-order valence-electron chi connectivity index (χ1n) is 10.5. The number of anilines is 1. The molecule has 0 bridgehead atoms. The zero-order chi connectivity index (χ0) is 24.6. The van der Waals surface area contributed by atoms with Gasteiger partial charge in [0.1, 0.15) is 11.5 Å². The van der Waals surface area contributed by atoms with Gasteiger partial charge in [0.15, 0.2) is 5.13 Å². The molecule has 1 atom stereocenters. The van der Waals surface area contributed by atoms with Crippen molar-refractivity contribution in [2.75, 3.05) is 11.5 Å². The number of ether oxygens (including phenoxy) is 1. The predicted molar refractivity (Wildman–Crippen MR) is 127 cm³/mol. The Morgan fingerprint density at radius 3 is 2.32 bits per heavy atom. The molecule has 10 heteroatoms. The fourth-order valence-electron chi connectivity index (χ4n) is 3.71. The molecular formula is C24H21N3O6S. The Labute approximate surface area is 199 Å². The molecule has 1 fully saturated rings. The molecule has 34 heavy (non-hydrogen) atoms. The van der Waals surface area contributed by atoms with E-state index in [1.165, 1.54) is 40.5 Å². The molecule has 1 unspecified atom stereocenters. The molecule has 2 heterocycles. The number of aryl methyl sites for hydroxylation is 2. The molecule has 3 aromatic rings. The topological polar surface area (TPSA) is 123 Å². The van der Waals surface area contributed by atoms with Gasteiger partial charge in [0.05, 0.1) is 28.8 Å². The highest BCUT2D eigenvalue weighted by molar-refractivity contribution is 7.16. The van der Waals surface area contributed by atoms with Gasteiger partial charge in [-0.1, -0.05) is 0 Å². The zero-order valence-electron chi connectivity index (χ0n) is 18.6. The van der Waals surface area contributed by atoms with E-state index in [9.17, 15) is 24.8 Å². The van der Waals surface area contributed by atoms with Gasteiger partial charge in [-0.15, -0.1) is 11.3 Å². The minimum Gasteiger partial charge on any atom is -0.507 e. The molecule has 4 rings (SSSR count). The summed E-state index contributed by atoms with van der Waals surface area (Å²) in [5.74, 6) is -1.44. The summed E-state index contributed by atoms with van der Waals surface area (Å²) in [6, 6.07) is 11.0. The SMILES string of the molecule is CCOc1ccc(/C(O)=C2\C(=O)C(=O)N(c3nc(C)c(C)s3)C2c2ccc([N+](=O)[O-])cc2)cc1. The van der Waals surface area contributed by atoms with Gasteiger partial charge in [-0.3, -0.25) is 24.6 Å². The van der Waals surface area contributed by atoms with Gasteiger partial charge < -0.3 is 9.84 Å². The van der Waals surface area contributed by atoms with Crippen LogP contribution in [0.1, 0.15) is 34.7 Å². The van der Waals surface area contributed by atoms with Gasteiger partial charge >= 0.3 is 5.91 Å². The Balaban J connectivity index is 1.89. The van der Waals surface area contributed by atoms with Crippen LogP contribution in [-0.2, 0) is 9.59 Å². The molecular weight excluding hydrogens is 458 g/mol. The molecule has 0 spiro atoms. The number of hydrogen-bond acceptors (Lipinski definition) is 8. The Morgan fingerprint density at radius 1 is 1.15 bits per heavy atom. The molecule has 174 valence electrons. The highest BCUT2D eigenvalue weighted by Crippen LogP contribution is 2.44. The summed E-state index contributed by atoms with van der Waals surface area (Å²) in [5.41, 5.74) is 1.24. The van der Waals surface area contributed by atoms with Crippen molar-refractivity contribution in [3.63, 3.8) is 0 Å². The maximum absolute atomic E-state index is 13.2. The van der Waals surface area contributed by atoms with Crippen molar-refractivity contribution in [2.24, 2.45) is 0 Å². The number of thiazole rings is 1. The van der Waals surface area contributed by atoms with E-state index in [1.807, 2.05) is 13.8 Å². The standard InChI is InChI=1S/C24H21N3O6S/c1-4-33-18-11-7-16(8-12-18)21(28)19-20(15-5-9-17(10-6-15)27(31)32)26(23(30)22(19)29)24-25-13(2)14(3)34-24/h5-12,20,28H,4H2,1-3H3/b21-19+. The van der Waals surface area contributed by atoms with E-state index in [2.05, 4.69) is 4.98 Å². The summed E-state index contributed by atoms with van der Waals surface area (Å²) in [4.78, 5) is 43.4. The molecule has 1 aromatic heterocycles. The van der Waals surface area contributed by atoms with Crippen molar-refractivity contribution < 1.29 is 24.4 Å². The summed E-state index contributed by atoms with van der Waals surface area (Å²) in [6.45, 7) is 5.98. The average molecular weight is 480 g/mol. The number of nitrogens with zero attached hydrogens (tertiary/aromatic N) is 3. The van der Waals surface area contributed by atoms with E-state index in [-0.39, 0.29) is 17.0 Å². The smallest absolute Gasteiger partial charge is 0.301 e. The molecule has 9 nitrogen and oxygen atoms in total. The van der Waals surface area contributed by atoms with E-state index < -0.39 is 22.7 Å². The summed E-state index contributed by atoms with van der Waals surface area (Å²) in [5, 5.41) is 22.6. The first-order chi connectivity index (χ1) is 16.2. The Hall–Kier alpha value is -4.05. The number of aliphatic hydroxyl groups excluding tert-OH is 1. The number of ketones is 1. The van der Waals surface area contributed by atoms with E-state index in [0.717, 1.165) is 10.6 Å². The molecule has 0 radical (unpaired) electrons. The summed E-state index contributed by atoms with van der Waals surface area (Å²) >= 11 is 1.25. The van der Waals surface area contributed by atoms with Crippen molar-refractivity contribution >= 4 is 39.6 Å². The van der Waals surface area contributed by atoms with Gasteiger partial charge in [0.2, 0.25) is 0 Å². The van der Waals surface area contributed by atoms with E-state index >= 15 is 0 Å². The minimum absolute atomic E-state index is 0.117. The number of aliphatic hydroxyl groups is 1. The van der Waals surface area contributed by atoms with E-state index in [1.54, 1.807) is 31.2 Å². The number of aromatic nitrogens is 1. The number of non-ortho nitro benzene ring substituents is 1. The maximum atomic E-state index is 13.2. The fourth-order valence-corrected chi connectivity index (χ4v) is 4.65. The van der Waals surface area contributed by atoms with Crippen molar-refractivity contribution in [2.45, 2.75) is 26.8 Å². The van der Waals surface area contributed by atoms with Gasteiger partial charge in [-0.2, -0.15) is 0 Å². The van der Waals surface area contributed by atoms with Crippen molar-refractivity contribution in [1.82, 2.24) is 4.98 Å². The lowest BCUT2D eigenvalue weighted by molar-refractivity contribution is -0.384. The maximum Gasteiger partial charge on any atom is 0.301 e. The first kappa shape index (κ1) is 23.1. The lowest BCUT2D eigenvalue weighted by Gasteiger charge is -2.23. The predicted octanol–water partition coefficient (Wildman–Crippen LogP) is 4.69. The third kappa shape index (κ3) is 4.03. The van der Waals surface area contributed by atoms with Crippen LogP contribution in [0, 0.1) is 24.0 Å². The fraction of sp³-hybridized carbons (Fsp3) is 0.208. The normalized spacial score (nSPS) is 17.3. The molecule has 1 aliphatic heterocycles. The minimum atomic E-state index is -1.00. The van der Waals surface area contributed by atoms with Crippen LogP contribution in [0.5, 0.6) is 5.75 Å². The van der Waals surface area contributed by atoms with Crippen LogP contribution in [0.3, 0.4) is 0 Å². The van der Waals surface area contributed by atoms with Crippen LogP contribution in [-0.4, -0.2) is 33.3 Å². The van der Waals surface area contributed by atoms with Crippen molar-refractivity contribution in [3.8, 4) is 5.75 Å². The number of nitro benzene ring substituents is 1. The number of nitro groups is 1. The number of hydrogen-bond donors (Lipinski definition) is 1. The summed E-state index contributed by atoms with van der Waals surface area (Å²) in [6.07, 6.45) is 0. The van der Waals surface area contributed by atoms with Gasteiger partial charge in [0, 0.05) is 22.6 Å². The van der Waals surface area contributed by atoms with Gasteiger partial charge in [-0.25, -0.2) is 4.98 Å². The number of carbonyl (C=O) groups is 2. The van der Waals surface area contributed by atoms with Crippen LogP contribution in [0.2, 0.25) is 0 Å². The quantitative estimate of drug-likeness (QED) is 0.179. The van der Waals surface area contributed by atoms with Gasteiger partial charge in [-0.05, 0) is 62.7 Å². The summed E-state index contributed by atoms with van der Waals surface area (Å²) in [7, 11) is 0. The zero-order valence-corrected chi connectivity index (χ0v) is 19.5. The first-order valence-corrected chi connectivity index (χ1v) is 11.3. The second kappa shape index (κ2) is 9.06. The van der Waals surface area contributed by atoms with Crippen LogP contribution in [0.25, 0.3) is 5.76 Å². The number of rotatable bonds is 6. The third-order valence-electron chi connectivity index (χ3n) is 5.53. The molecule has 1 amide bonds. The molecule has 2 aromatic carbocycles. The lowest BCUT2D eigenvalue weighted by atomic mass is 9.95. The van der Waals surface area contributed by atoms with Crippen molar-refractivity contribution in [1.29, 1.82) is 0 Å². The van der Waals surface area contributed by atoms with Crippen LogP contribution in [0.15, 0.2) is 54.1 Å². The van der Waals surface area contributed by atoms with Crippen LogP contribution in [0.4, 0.5) is 10.8 Å². The average Bonchev–Trinajstić information content (AvgIpc) is 3.29. The lowest BCUT2D eigenvalue weighted by Crippen LogP contribution is -2.29. The summed E-state index contributed by atoms with van der Waals surface area (Å²) < 4.78 is 5.42. The Kier molecular flexibility index (Phi) is 6.16. The molecule has 1 aliphatic rings. The number of Topliss-reactive ketones (excluding diaryl/α,β-unsaturated/α-hetero) is 1. The monoisotopic (exact) mass is 479 g/mol. The second-order valence-corrected chi connectivity index (χ2v) is 8.79. The molecule has 1 N–H and O–H groups in total. The molecule has 1 saturated heterocycles. The second-order valence-electron chi connectivity index (χ2n) is 7.61. The Bertz CT molecular complexity index is 1290.